The van der Waals surface area contributed by atoms with Gasteiger partial charge in [-0.2, -0.15) is 0 Å². The number of allylic oxidation sites excluding steroid dienone is 4. The van der Waals surface area contributed by atoms with Gasteiger partial charge in [0.15, 0.2) is 0 Å². The highest BCUT2D eigenvalue weighted by molar-refractivity contribution is 5.66. The summed E-state index contributed by atoms with van der Waals surface area (Å²) < 4.78 is 5.78. The number of rotatable bonds is 5. The zero-order valence-electron chi connectivity index (χ0n) is 23.8. The molecule has 2 nitrogen and oxygen atoms in total. The second kappa shape index (κ2) is 9.11. The van der Waals surface area contributed by atoms with Gasteiger partial charge in [0.25, 0.3) is 0 Å². The summed E-state index contributed by atoms with van der Waals surface area (Å²) in [4.78, 5) is 11.7. The van der Waals surface area contributed by atoms with Gasteiger partial charge in [0, 0.05) is 6.92 Å². The van der Waals surface area contributed by atoms with Gasteiger partial charge in [0.05, 0.1) is 0 Å². The van der Waals surface area contributed by atoms with E-state index >= 15 is 0 Å². The van der Waals surface area contributed by atoms with E-state index in [1.807, 2.05) is 11.1 Å². The first kappa shape index (κ1) is 26.0. The Bertz CT molecular complexity index is 875. The summed E-state index contributed by atoms with van der Waals surface area (Å²) in [7, 11) is 0. The predicted molar refractivity (Wildman–Crippen MR) is 142 cm³/mol. The van der Waals surface area contributed by atoms with Crippen molar-refractivity contribution in [2.75, 3.05) is 0 Å². The molecule has 0 bridgehead atoms. The molecule has 0 heterocycles. The fraction of sp³-hybridized carbons (Fsp3) is 0.844. The molecule has 0 radical (unpaired) electrons. The maximum Gasteiger partial charge on any atom is 0.302 e. The second-order valence-electron chi connectivity index (χ2n) is 13.8. The third kappa shape index (κ3) is 3.94. The lowest BCUT2D eigenvalue weighted by atomic mass is 9.45. The molecule has 0 aromatic rings. The first-order valence-electron chi connectivity index (χ1n) is 14.4. The Kier molecular flexibility index (Phi) is 6.98. The molecule has 0 N–H and O–H groups in total. The lowest BCUT2D eigenvalue weighted by molar-refractivity contribution is -0.155. The van der Waals surface area contributed by atoms with Crippen LogP contribution in [0.15, 0.2) is 22.3 Å². The summed E-state index contributed by atoms with van der Waals surface area (Å²) in [5.41, 5.74) is 7.92. The van der Waals surface area contributed by atoms with E-state index in [1.54, 1.807) is 12.5 Å². The van der Waals surface area contributed by atoms with Gasteiger partial charge >= 0.3 is 5.97 Å². The van der Waals surface area contributed by atoms with Crippen LogP contribution in [0.3, 0.4) is 0 Å². The standard InChI is InChI=1S/C32H52O2/c1-20(2)21(3)10-11-22(4)25-14-18-32(9)28-13-12-26-23(5)29(34-24(6)33)16-17-30(26,7)27(28)15-19-31(25,32)8/h22-23,25-26,29H,10-19H2,1-9H3/t22-,23+,25-,26+,29+,30+,31-,32+/m1/s1. The third-order valence-electron chi connectivity index (χ3n) is 12.2. The zero-order valence-corrected chi connectivity index (χ0v) is 23.8. The van der Waals surface area contributed by atoms with Crippen LogP contribution in [0, 0.1) is 39.9 Å². The molecule has 34 heavy (non-hydrogen) atoms. The van der Waals surface area contributed by atoms with Crippen molar-refractivity contribution in [1.82, 2.24) is 0 Å². The van der Waals surface area contributed by atoms with Crippen LogP contribution in [-0.2, 0) is 9.53 Å². The molecule has 2 saturated carbocycles. The van der Waals surface area contributed by atoms with Gasteiger partial charge in [0.1, 0.15) is 6.10 Å². The van der Waals surface area contributed by atoms with E-state index in [4.69, 9.17) is 4.74 Å². The number of carbonyl (C=O) groups is 1. The first-order valence-corrected chi connectivity index (χ1v) is 14.4. The van der Waals surface area contributed by atoms with E-state index in [9.17, 15) is 4.79 Å². The summed E-state index contributed by atoms with van der Waals surface area (Å²) in [5.74, 6) is 2.66. The molecule has 192 valence electrons. The summed E-state index contributed by atoms with van der Waals surface area (Å²) in [6, 6.07) is 0. The van der Waals surface area contributed by atoms with E-state index in [2.05, 4.69) is 55.4 Å². The minimum Gasteiger partial charge on any atom is -0.462 e. The van der Waals surface area contributed by atoms with E-state index in [0.29, 0.717) is 28.1 Å². The largest absolute Gasteiger partial charge is 0.462 e. The average molecular weight is 469 g/mol. The van der Waals surface area contributed by atoms with Crippen molar-refractivity contribution >= 4 is 5.97 Å². The molecule has 4 rings (SSSR count). The molecule has 0 saturated heterocycles. The number of esters is 1. The van der Waals surface area contributed by atoms with Gasteiger partial charge < -0.3 is 4.74 Å². The van der Waals surface area contributed by atoms with Crippen LogP contribution >= 0.6 is 0 Å². The lowest BCUT2D eigenvalue weighted by Gasteiger charge is -2.60. The second-order valence-corrected chi connectivity index (χ2v) is 13.8. The van der Waals surface area contributed by atoms with E-state index in [0.717, 1.165) is 18.3 Å². The highest BCUT2D eigenvalue weighted by Gasteiger charge is 2.62. The van der Waals surface area contributed by atoms with E-state index < -0.39 is 0 Å². The van der Waals surface area contributed by atoms with Crippen molar-refractivity contribution in [2.24, 2.45) is 39.9 Å². The SMILES string of the molecule is CC(=O)O[C@H]1CC[C@]2(C)C3=C(CC[C@H]2[C@@H]1C)[C@]1(C)CC[C@H]([C@H](C)CCC(C)=C(C)C)[C@@]1(C)CC3. The van der Waals surface area contributed by atoms with Gasteiger partial charge in [-0.15, -0.1) is 0 Å². The molecule has 8 atom stereocenters. The monoisotopic (exact) mass is 468 g/mol. The van der Waals surface area contributed by atoms with Crippen molar-refractivity contribution in [3.8, 4) is 0 Å². The summed E-state index contributed by atoms with van der Waals surface area (Å²) in [6.45, 7) is 21.3. The molecule has 0 aromatic heterocycles. The maximum absolute atomic E-state index is 11.7. The van der Waals surface area contributed by atoms with Crippen LogP contribution in [0.1, 0.15) is 127 Å². The normalized spacial score (nSPS) is 42.4. The van der Waals surface area contributed by atoms with Crippen LogP contribution < -0.4 is 0 Å². The van der Waals surface area contributed by atoms with Crippen LogP contribution in [0.25, 0.3) is 0 Å². The van der Waals surface area contributed by atoms with Gasteiger partial charge in [-0.3, -0.25) is 4.79 Å². The quantitative estimate of drug-likeness (QED) is 0.297. The Hall–Kier alpha value is -1.05. The molecule has 0 spiro atoms. The Labute approximate surface area is 210 Å². The minimum absolute atomic E-state index is 0.108. The Morgan fingerprint density at radius 3 is 2.32 bits per heavy atom. The molecule has 0 aliphatic heterocycles. The van der Waals surface area contributed by atoms with Crippen LogP contribution in [0.2, 0.25) is 0 Å². The number of carbonyl (C=O) groups excluding carboxylic acids is 1. The topological polar surface area (TPSA) is 26.3 Å². The molecule has 0 unspecified atom stereocenters. The number of hydrogen-bond acceptors (Lipinski definition) is 2. The molecule has 4 aliphatic rings. The van der Waals surface area contributed by atoms with E-state index in [1.165, 1.54) is 63.4 Å². The van der Waals surface area contributed by atoms with Crippen molar-refractivity contribution in [3.63, 3.8) is 0 Å². The lowest BCUT2D eigenvalue weighted by Crippen LogP contribution is -2.52. The van der Waals surface area contributed by atoms with E-state index in [-0.39, 0.29) is 12.1 Å². The van der Waals surface area contributed by atoms with Gasteiger partial charge in [-0.25, -0.2) is 0 Å². The Balaban J connectivity index is 1.59. The van der Waals surface area contributed by atoms with Crippen LogP contribution in [0.4, 0.5) is 0 Å². The Morgan fingerprint density at radius 1 is 0.971 bits per heavy atom. The summed E-state index contributed by atoms with van der Waals surface area (Å²) in [6.07, 6.45) is 12.9. The van der Waals surface area contributed by atoms with Gasteiger partial charge in [0.2, 0.25) is 0 Å². The number of hydrogen-bond donors (Lipinski definition) is 0. The smallest absolute Gasteiger partial charge is 0.302 e. The molecular formula is C32H52O2. The van der Waals surface area contributed by atoms with Crippen molar-refractivity contribution in [3.05, 3.63) is 22.3 Å². The van der Waals surface area contributed by atoms with Crippen molar-refractivity contribution in [2.45, 2.75) is 133 Å². The molecule has 2 heteroatoms. The predicted octanol–water partition coefficient (Wildman–Crippen LogP) is 9.05. The zero-order chi connectivity index (χ0) is 25.1. The van der Waals surface area contributed by atoms with Crippen LogP contribution in [0.5, 0.6) is 0 Å². The first-order chi connectivity index (χ1) is 15.8. The molecule has 0 aromatic carbocycles. The number of fused-ring (bicyclic) bond motifs is 4. The maximum atomic E-state index is 11.7. The summed E-state index contributed by atoms with van der Waals surface area (Å²) >= 11 is 0. The third-order valence-corrected chi connectivity index (χ3v) is 12.2. The highest BCUT2D eigenvalue weighted by atomic mass is 16.5. The van der Waals surface area contributed by atoms with Crippen molar-refractivity contribution in [1.29, 1.82) is 0 Å². The van der Waals surface area contributed by atoms with Crippen molar-refractivity contribution < 1.29 is 9.53 Å². The molecule has 2 fully saturated rings. The fourth-order valence-electron chi connectivity index (χ4n) is 9.51. The fourth-order valence-corrected chi connectivity index (χ4v) is 9.51. The Morgan fingerprint density at radius 2 is 1.68 bits per heavy atom. The molecular weight excluding hydrogens is 416 g/mol. The molecule has 0 amide bonds. The highest BCUT2D eigenvalue weighted by Crippen LogP contribution is 2.71. The number of ether oxygens (including phenoxy) is 1. The average Bonchev–Trinajstić information content (AvgIpc) is 3.05. The van der Waals surface area contributed by atoms with Gasteiger partial charge in [-0.1, -0.05) is 56.9 Å². The van der Waals surface area contributed by atoms with Crippen LogP contribution in [-0.4, -0.2) is 12.1 Å². The summed E-state index contributed by atoms with van der Waals surface area (Å²) in [5, 5.41) is 0. The minimum atomic E-state index is -0.108. The molecule has 4 aliphatic carbocycles. The van der Waals surface area contributed by atoms with Gasteiger partial charge in [-0.05, 0) is 125 Å².